The highest BCUT2D eigenvalue weighted by molar-refractivity contribution is 7.99. The predicted molar refractivity (Wildman–Crippen MR) is 98.4 cm³/mol. The van der Waals surface area contributed by atoms with Gasteiger partial charge >= 0.3 is 6.18 Å². The van der Waals surface area contributed by atoms with E-state index in [-0.39, 0.29) is 5.75 Å². The average Bonchev–Trinajstić information content (AvgIpc) is 3.08. The van der Waals surface area contributed by atoms with E-state index in [1.54, 1.807) is 0 Å². The van der Waals surface area contributed by atoms with Crippen LogP contribution in [0.2, 0.25) is 0 Å². The summed E-state index contributed by atoms with van der Waals surface area (Å²) in [6.45, 7) is 1.66. The normalized spacial score (nSPS) is 14.9. The van der Waals surface area contributed by atoms with Gasteiger partial charge in [-0.3, -0.25) is 9.36 Å². The van der Waals surface area contributed by atoms with Gasteiger partial charge in [-0.15, -0.1) is 10.2 Å². The maximum Gasteiger partial charge on any atom is 0.405 e. The third-order valence-corrected chi connectivity index (χ3v) is 4.96. The summed E-state index contributed by atoms with van der Waals surface area (Å²) in [5.74, 6) is -0.221. The van der Waals surface area contributed by atoms with Crippen molar-refractivity contribution in [2.45, 2.75) is 17.9 Å². The van der Waals surface area contributed by atoms with Crippen LogP contribution in [0.3, 0.4) is 0 Å². The lowest BCUT2D eigenvalue weighted by Crippen LogP contribution is -2.38. The van der Waals surface area contributed by atoms with Crippen LogP contribution in [0, 0.1) is 0 Å². The minimum absolute atomic E-state index is 0.174. The molecule has 1 aromatic heterocycles. The molecule has 0 spiro atoms. The molecule has 1 N–H and O–H groups in total. The van der Waals surface area contributed by atoms with Crippen molar-refractivity contribution in [2.24, 2.45) is 0 Å². The number of hydrogen-bond donors (Lipinski definition) is 1. The first-order chi connectivity index (χ1) is 13.4. The molecule has 1 aliphatic heterocycles. The van der Waals surface area contributed by atoms with E-state index in [2.05, 4.69) is 10.2 Å². The highest BCUT2D eigenvalue weighted by atomic mass is 32.2. The molecular weight excluding hydrogens is 395 g/mol. The van der Waals surface area contributed by atoms with E-state index in [1.165, 1.54) is 0 Å². The van der Waals surface area contributed by atoms with Crippen molar-refractivity contribution in [3.05, 3.63) is 35.9 Å². The van der Waals surface area contributed by atoms with Crippen LogP contribution >= 0.6 is 11.8 Å². The van der Waals surface area contributed by atoms with E-state index < -0.39 is 18.6 Å². The third kappa shape index (κ3) is 5.86. The highest BCUT2D eigenvalue weighted by Gasteiger charge is 2.28. The van der Waals surface area contributed by atoms with Crippen LogP contribution in [-0.4, -0.2) is 65.4 Å². The Morgan fingerprint density at radius 1 is 1.18 bits per heavy atom. The second-order valence-corrected chi connectivity index (χ2v) is 7.08. The van der Waals surface area contributed by atoms with Crippen LogP contribution in [-0.2, 0) is 16.1 Å². The van der Waals surface area contributed by atoms with Crippen LogP contribution in [0.15, 0.2) is 35.5 Å². The minimum Gasteiger partial charge on any atom is -0.378 e. The molecule has 1 aliphatic rings. The standard InChI is InChI=1S/C17H20F3N5O2S/c18-17(19,20)12-21-14(26)11-28-16-23-22-15(24-6-8-27-9-7-24)25(16)10-13-4-2-1-3-5-13/h1-5H,6-12H2,(H,21,26). The van der Waals surface area contributed by atoms with Gasteiger partial charge in [-0.1, -0.05) is 42.1 Å². The molecule has 152 valence electrons. The van der Waals surface area contributed by atoms with Gasteiger partial charge in [0.2, 0.25) is 11.9 Å². The fraction of sp³-hybridized carbons (Fsp3) is 0.471. The number of ether oxygens (including phenoxy) is 1. The molecule has 1 aromatic carbocycles. The number of benzene rings is 1. The summed E-state index contributed by atoms with van der Waals surface area (Å²) in [6, 6.07) is 9.69. The van der Waals surface area contributed by atoms with Gasteiger partial charge in [-0.25, -0.2) is 0 Å². The first-order valence-corrected chi connectivity index (χ1v) is 9.67. The molecule has 0 aliphatic carbocycles. The molecule has 0 bridgehead atoms. The molecule has 0 unspecified atom stereocenters. The number of hydrogen-bond acceptors (Lipinski definition) is 6. The van der Waals surface area contributed by atoms with E-state index in [0.29, 0.717) is 44.0 Å². The summed E-state index contributed by atoms with van der Waals surface area (Å²) in [7, 11) is 0. The van der Waals surface area contributed by atoms with Crippen molar-refractivity contribution in [1.29, 1.82) is 0 Å². The van der Waals surface area contributed by atoms with Crippen LogP contribution in [0.5, 0.6) is 0 Å². The fourth-order valence-corrected chi connectivity index (χ4v) is 3.43. The Labute approximate surface area is 164 Å². The largest absolute Gasteiger partial charge is 0.405 e. The molecule has 11 heteroatoms. The lowest BCUT2D eigenvalue weighted by atomic mass is 10.2. The second kappa shape index (κ2) is 9.28. The summed E-state index contributed by atoms with van der Waals surface area (Å²) in [5, 5.41) is 10.8. The zero-order chi connectivity index (χ0) is 20.0. The van der Waals surface area contributed by atoms with E-state index in [0.717, 1.165) is 17.3 Å². The van der Waals surface area contributed by atoms with E-state index >= 15 is 0 Å². The van der Waals surface area contributed by atoms with Crippen molar-refractivity contribution in [3.8, 4) is 0 Å². The minimum atomic E-state index is -4.43. The smallest absolute Gasteiger partial charge is 0.378 e. The molecule has 2 heterocycles. The van der Waals surface area contributed by atoms with Crippen LogP contribution in [0.4, 0.5) is 19.1 Å². The Bertz CT molecular complexity index is 779. The molecule has 0 atom stereocenters. The van der Waals surface area contributed by atoms with Crippen molar-refractivity contribution in [3.63, 3.8) is 0 Å². The lowest BCUT2D eigenvalue weighted by Gasteiger charge is -2.28. The highest BCUT2D eigenvalue weighted by Crippen LogP contribution is 2.24. The van der Waals surface area contributed by atoms with E-state index in [4.69, 9.17) is 4.74 Å². The number of thioether (sulfide) groups is 1. The lowest BCUT2D eigenvalue weighted by molar-refractivity contribution is -0.136. The second-order valence-electron chi connectivity index (χ2n) is 6.13. The van der Waals surface area contributed by atoms with Gasteiger partial charge in [0.15, 0.2) is 5.16 Å². The van der Waals surface area contributed by atoms with E-state index in [9.17, 15) is 18.0 Å². The molecule has 0 radical (unpaired) electrons. The zero-order valence-electron chi connectivity index (χ0n) is 15.0. The molecule has 0 saturated carbocycles. The maximum absolute atomic E-state index is 12.2. The van der Waals surface area contributed by atoms with Crippen LogP contribution < -0.4 is 10.2 Å². The molecule has 1 amide bonds. The Morgan fingerprint density at radius 3 is 2.57 bits per heavy atom. The first-order valence-electron chi connectivity index (χ1n) is 8.68. The monoisotopic (exact) mass is 415 g/mol. The number of morpholine rings is 1. The number of amides is 1. The summed E-state index contributed by atoms with van der Waals surface area (Å²) in [6.07, 6.45) is -4.43. The van der Waals surface area contributed by atoms with E-state index in [1.807, 2.05) is 45.1 Å². The van der Waals surface area contributed by atoms with Gasteiger partial charge in [-0.2, -0.15) is 13.2 Å². The number of nitrogens with zero attached hydrogens (tertiary/aromatic N) is 4. The fourth-order valence-electron chi connectivity index (χ4n) is 2.67. The SMILES string of the molecule is O=C(CSc1nnc(N2CCOCC2)n1Cc1ccccc1)NCC(F)(F)F. The van der Waals surface area contributed by atoms with Crippen molar-refractivity contribution >= 4 is 23.6 Å². The number of anilines is 1. The predicted octanol–water partition coefficient (Wildman–Crippen LogP) is 1.93. The number of alkyl halides is 3. The number of carbonyl (C=O) groups is 1. The molecule has 3 rings (SSSR count). The quantitative estimate of drug-likeness (QED) is 0.697. The zero-order valence-corrected chi connectivity index (χ0v) is 15.8. The molecule has 7 nitrogen and oxygen atoms in total. The van der Waals surface area contributed by atoms with Crippen molar-refractivity contribution in [2.75, 3.05) is 43.5 Å². The molecule has 2 aromatic rings. The average molecular weight is 415 g/mol. The molecule has 1 fully saturated rings. The topological polar surface area (TPSA) is 72.3 Å². The van der Waals surface area contributed by atoms with Crippen LogP contribution in [0.1, 0.15) is 5.56 Å². The summed E-state index contributed by atoms with van der Waals surface area (Å²) in [4.78, 5) is 13.8. The maximum atomic E-state index is 12.2. The van der Waals surface area contributed by atoms with Gasteiger partial charge in [0.25, 0.3) is 0 Å². The Balaban J connectivity index is 1.72. The van der Waals surface area contributed by atoms with Crippen LogP contribution in [0.25, 0.3) is 0 Å². The number of halogens is 3. The van der Waals surface area contributed by atoms with Gasteiger partial charge in [0.1, 0.15) is 6.54 Å². The van der Waals surface area contributed by atoms with Crippen molar-refractivity contribution < 1.29 is 22.7 Å². The number of carbonyl (C=O) groups excluding carboxylic acids is 1. The summed E-state index contributed by atoms with van der Waals surface area (Å²) < 4.78 is 43.9. The van der Waals surface area contributed by atoms with Gasteiger partial charge < -0.3 is 15.0 Å². The summed E-state index contributed by atoms with van der Waals surface area (Å²) in [5.41, 5.74) is 1.03. The Hall–Kier alpha value is -2.27. The third-order valence-electron chi connectivity index (χ3n) is 3.99. The number of aromatic nitrogens is 3. The molecule has 28 heavy (non-hydrogen) atoms. The first kappa shape index (κ1) is 20.5. The summed E-state index contributed by atoms with van der Waals surface area (Å²) >= 11 is 1.06. The van der Waals surface area contributed by atoms with Gasteiger partial charge in [-0.05, 0) is 5.56 Å². The van der Waals surface area contributed by atoms with Gasteiger partial charge in [0, 0.05) is 13.1 Å². The molecular formula is C17H20F3N5O2S. The Morgan fingerprint density at radius 2 is 1.89 bits per heavy atom. The number of nitrogens with one attached hydrogen (secondary N) is 1. The Kier molecular flexibility index (Phi) is 6.79. The van der Waals surface area contributed by atoms with Crippen molar-refractivity contribution in [1.82, 2.24) is 20.1 Å². The number of rotatable bonds is 7. The van der Waals surface area contributed by atoms with Gasteiger partial charge in [0.05, 0.1) is 25.5 Å². The molecule has 1 saturated heterocycles.